The number of aliphatic hydroxyl groups excluding tert-OH is 5. The van der Waals surface area contributed by atoms with Crippen molar-refractivity contribution in [2.75, 3.05) is 19.8 Å². The Balaban J connectivity index is 1.68. The first-order valence-electron chi connectivity index (χ1n) is 9.90. The molecule has 0 bridgehead atoms. The van der Waals surface area contributed by atoms with Crippen LogP contribution in [0.4, 0.5) is 0 Å². The summed E-state index contributed by atoms with van der Waals surface area (Å²) in [5, 5.41) is 49.6. The van der Waals surface area contributed by atoms with E-state index in [4.69, 9.17) is 18.9 Å². The Morgan fingerprint density at radius 2 is 1.93 bits per heavy atom. The zero-order valence-corrected chi connectivity index (χ0v) is 16.7. The number of hydrogen-bond acceptors (Lipinski definition) is 9. The Bertz CT molecular complexity index is 774. The van der Waals surface area contributed by atoms with Gasteiger partial charge in [0, 0.05) is 6.07 Å². The van der Waals surface area contributed by atoms with Gasteiger partial charge in [-0.3, -0.25) is 0 Å². The van der Waals surface area contributed by atoms with Crippen LogP contribution in [-0.4, -0.2) is 76.1 Å². The lowest BCUT2D eigenvalue weighted by atomic mass is 9.99. The van der Waals surface area contributed by atoms with Crippen LogP contribution in [0.3, 0.4) is 0 Å². The number of fused-ring (bicyclic) bond motifs is 1. The lowest BCUT2D eigenvalue weighted by Crippen LogP contribution is -2.59. The van der Waals surface area contributed by atoms with Crippen molar-refractivity contribution in [2.24, 2.45) is 0 Å². The van der Waals surface area contributed by atoms with Gasteiger partial charge in [-0.1, -0.05) is 19.1 Å². The van der Waals surface area contributed by atoms with E-state index in [1.165, 1.54) is 0 Å². The largest absolute Gasteiger partial charge is 0.504 e. The highest BCUT2D eigenvalue weighted by molar-refractivity contribution is 5.69. The van der Waals surface area contributed by atoms with E-state index >= 15 is 0 Å². The second-order valence-electron chi connectivity index (χ2n) is 7.05. The number of ether oxygens (including phenoxy) is 4. The van der Waals surface area contributed by atoms with Crippen molar-refractivity contribution in [1.29, 1.82) is 0 Å². The van der Waals surface area contributed by atoms with Gasteiger partial charge in [-0.25, -0.2) is 0 Å². The fourth-order valence-corrected chi connectivity index (χ4v) is 3.19. The van der Waals surface area contributed by atoms with Crippen LogP contribution in [0.2, 0.25) is 0 Å². The first-order valence-corrected chi connectivity index (χ1v) is 9.90. The molecule has 9 heteroatoms. The zero-order chi connectivity index (χ0) is 21.7. The topological polar surface area (TPSA) is 138 Å². The standard InChI is InChI=1S/C21H28O9/c1-2-3-4-5-8-27-12-6-7-13-14(9-12)28-11-16(17(13)23)30-21-20(26)19(25)18(24)15(10-22)29-21/h3-4,6-7,9,15,18-26H,2,5,8,10-11H2,1H3/t15-,18+,19+,20-,21+/m1/s1. The third kappa shape index (κ3) is 4.88. The quantitative estimate of drug-likeness (QED) is 0.304. The molecule has 2 aliphatic rings. The van der Waals surface area contributed by atoms with Gasteiger partial charge < -0.3 is 44.5 Å². The molecule has 0 aliphatic carbocycles. The van der Waals surface area contributed by atoms with Crippen LogP contribution in [-0.2, 0) is 9.47 Å². The summed E-state index contributed by atoms with van der Waals surface area (Å²) in [6.45, 7) is 1.86. The van der Waals surface area contributed by atoms with Crippen LogP contribution >= 0.6 is 0 Å². The highest BCUT2D eigenvalue weighted by atomic mass is 16.7. The first-order chi connectivity index (χ1) is 14.5. The third-order valence-corrected chi connectivity index (χ3v) is 4.89. The predicted octanol–water partition coefficient (Wildman–Crippen LogP) is 0.857. The van der Waals surface area contributed by atoms with Gasteiger partial charge in [0.05, 0.1) is 18.8 Å². The van der Waals surface area contributed by atoms with Gasteiger partial charge in [-0.05, 0) is 25.0 Å². The zero-order valence-electron chi connectivity index (χ0n) is 16.7. The molecular formula is C21H28O9. The number of rotatable bonds is 8. The monoisotopic (exact) mass is 424 g/mol. The fraction of sp³-hybridized carbons (Fsp3) is 0.524. The fourth-order valence-electron chi connectivity index (χ4n) is 3.19. The average molecular weight is 424 g/mol. The van der Waals surface area contributed by atoms with Crippen LogP contribution in [0.1, 0.15) is 25.3 Å². The molecule has 5 N–H and O–H groups in total. The Morgan fingerprint density at radius 1 is 1.13 bits per heavy atom. The van der Waals surface area contributed by atoms with E-state index in [0.717, 1.165) is 12.8 Å². The Labute approximate surface area is 174 Å². The van der Waals surface area contributed by atoms with Crippen molar-refractivity contribution in [2.45, 2.75) is 50.5 Å². The normalized spacial score (nSPS) is 28.9. The van der Waals surface area contributed by atoms with E-state index in [-0.39, 0.29) is 18.1 Å². The molecule has 166 valence electrons. The van der Waals surface area contributed by atoms with Crippen molar-refractivity contribution in [1.82, 2.24) is 0 Å². The molecule has 2 heterocycles. The van der Waals surface area contributed by atoms with Crippen LogP contribution in [0.15, 0.2) is 36.1 Å². The summed E-state index contributed by atoms with van der Waals surface area (Å²) < 4.78 is 22.1. The van der Waals surface area contributed by atoms with Gasteiger partial charge in [-0.15, -0.1) is 0 Å². The Hall–Kier alpha value is -2.30. The molecule has 0 radical (unpaired) electrons. The average Bonchev–Trinajstić information content (AvgIpc) is 2.75. The predicted molar refractivity (Wildman–Crippen MR) is 106 cm³/mol. The molecule has 9 nitrogen and oxygen atoms in total. The maximum atomic E-state index is 10.6. The second kappa shape index (κ2) is 10.1. The van der Waals surface area contributed by atoms with E-state index in [1.807, 2.05) is 6.08 Å². The second-order valence-corrected chi connectivity index (χ2v) is 7.05. The summed E-state index contributed by atoms with van der Waals surface area (Å²) in [6, 6.07) is 4.98. The van der Waals surface area contributed by atoms with Crippen molar-refractivity contribution in [3.05, 3.63) is 41.7 Å². The van der Waals surface area contributed by atoms with Crippen LogP contribution < -0.4 is 9.47 Å². The van der Waals surface area contributed by atoms with E-state index in [1.54, 1.807) is 18.2 Å². The highest BCUT2D eigenvalue weighted by Gasteiger charge is 2.45. The maximum Gasteiger partial charge on any atom is 0.229 e. The maximum absolute atomic E-state index is 10.6. The van der Waals surface area contributed by atoms with Crippen molar-refractivity contribution in [3.63, 3.8) is 0 Å². The Morgan fingerprint density at radius 3 is 2.67 bits per heavy atom. The van der Waals surface area contributed by atoms with Gasteiger partial charge in [0.25, 0.3) is 0 Å². The molecule has 1 saturated heterocycles. The summed E-state index contributed by atoms with van der Waals surface area (Å²) in [4.78, 5) is 0. The molecule has 0 spiro atoms. The molecule has 0 amide bonds. The van der Waals surface area contributed by atoms with E-state index in [9.17, 15) is 25.5 Å². The van der Waals surface area contributed by atoms with Crippen LogP contribution in [0.5, 0.6) is 11.5 Å². The molecule has 0 saturated carbocycles. The molecular weight excluding hydrogens is 396 g/mol. The SMILES string of the molecule is CCC=CCCOc1ccc2c(c1)OCC(O[C@@H]1O[C@H](CO)[C@H](O)[C@H](O)[C@H]1O)=C2O. The number of aliphatic hydroxyl groups is 5. The van der Waals surface area contributed by atoms with E-state index in [0.29, 0.717) is 23.7 Å². The molecule has 30 heavy (non-hydrogen) atoms. The lowest BCUT2D eigenvalue weighted by molar-refractivity contribution is -0.292. The third-order valence-electron chi connectivity index (χ3n) is 4.89. The summed E-state index contributed by atoms with van der Waals surface area (Å²) in [5.41, 5.74) is 0.374. The van der Waals surface area contributed by atoms with E-state index < -0.39 is 37.3 Å². The molecule has 0 unspecified atom stereocenters. The number of benzene rings is 1. The van der Waals surface area contributed by atoms with Gasteiger partial charge >= 0.3 is 0 Å². The molecule has 3 rings (SSSR count). The minimum atomic E-state index is -1.58. The Kier molecular flexibility index (Phi) is 7.57. The highest BCUT2D eigenvalue weighted by Crippen LogP contribution is 2.36. The summed E-state index contributed by atoms with van der Waals surface area (Å²) in [6.07, 6.45) is -1.28. The van der Waals surface area contributed by atoms with Gasteiger partial charge in [0.2, 0.25) is 6.29 Å². The first kappa shape index (κ1) is 22.4. The summed E-state index contributed by atoms with van der Waals surface area (Å²) in [7, 11) is 0. The summed E-state index contributed by atoms with van der Waals surface area (Å²) in [5.74, 6) is 0.802. The van der Waals surface area contributed by atoms with Crippen molar-refractivity contribution >= 4 is 5.76 Å². The molecule has 0 aromatic heterocycles. The minimum absolute atomic E-state index is 0.00907. The molecule has 2 aliphatic heterocycles. The smallest absolute Gasteiger partial charge is 0.229 e. The number of hydrogen-bond donors (Lipinski definition) is 5. The number of allylic oxidation sites excluding steroid dienone is 1. The summed E-state index contributed by atoms with van der Waals surface area (Å²) >= 11 is 0. The van der Waals surface area contributed by atoms with Crippen LogP contribution in [0, 0.1) is 0 Å². The van der Waals surface area contributed by atoms with Gasteiger partial charge in [0.15, 0.2) is 11.5 Å². The van der Waals surface area contributed by atoms with Crippen molar-refractivity contribution in [3.8, 4) is 11.5 Å². The minimum Gasteiger partial charge on any atom is -0.504 e. The molecule has 1 aromatic carbocycles. The van der Waals surface area contributed by atoms with Gasteiger partial charge in [0.1, 0.15) is 42.5 Å². The van der Waals surface area contributed by atoms with E-state index in [2.05, 4.69) is 13.0 Å². The molecule has 5 atom stereocenters. The lowest BCUT2D eigenvalue weighted by Gasteiger charge is -2.40. The van der Waals surface area contributed by atoms with Crippen LogP contribution in [0.25, 0.3) is 5.76 Å². The van der Waals surface area contributed by atoms with Crippen molar-refractivity contribution < 1.29 is 44.5 Å². The van der Waals surface area contributed by atoms with Gasteiger partial charge in [-0.2, -0.15) is 0 Å². The molecule has 1 aromatic rings. The molecule has 1 fully saturated rings.